The van der Waals surface area contributed by atoms with E-state index in [4.69, 9.17) is 4.74 Å². The van der Waals surface area contributed by atoms with E-state index >= 15 is 0 Å². The molecule has 5 heteroatoms. The molecule has 4 nitrogen and oxygen atoms in total. The van der Waals surface area contributed by atoms with Gasteiger partial charge in [0.2, 0.25) is 0 Å². The number of nitrogens with one attached hydrogen (secondary N) is 1. The number of para-hydroxylation sites is 1. The van der Waals surface area contributed by atoms with E-state index in [9.17, 15) is 9.59 Å². The highest BCUT2D eigenvalue weighted by molar-refractivity contribution is 9.10. The maximum atomic E-state index is 12.5. The van der Waals surface area contributed by atoms with Crippen molar-refractivity contribution in [1.29, 1.82) is 0 Å². The second-order valence-corrected chi connectivity index (χ2v) is 7.81. The Morgan fingerprint density at radius 2 is 1.80 bits per heavy atom. The zero-order valence-electron chi connectivity index (χ0n) is 14.9. The molecule has 0 aliphatic carbocycles. The van der Waals surface area contributed by atoms with Crippen LogP contribution in [0.15, 0.2) is 46.9 Å². The average molecular weight is 404 g/mol. The molecule has 0 saturated carbocycles. The Bertz CT molecular complexity index is 774. The van der Waals surface area contributed by atoms with Crippen molar-refractivity contribution in [2.45, 2.75) is 39.7 Å². The molecule has 0 unspecified atom stereocenters. The lowest BCUT2D eigenvalue weighted by Crippen LogP contribution is -2.25. The van der Waals surface area contributed by atoms with Gasteiger partial charge in [-0.1, -0.05) is 34.1 Å². The summed E-state index contributed by atoms with van der Waals surface area (Å²) < 4.78 is 6.21. The van der Waals surface area contributed by atoms with E-state index in [0.29, 0.717) is 11.3 Å². The van der Waals surface area contributed by atoms with Crippen molar-refractivity contribution in [2.75, 3.05) is 5.32 Å². The van der Waals surface area contributed by atoms with Gasteiger partial charge in [0.15, 0.2) is 0 Å². The van der Waals surface area contributed by atoms with Crippen molar-refractivity contribution in [2.24, 2.45) is 0 Å². The number of aryl methyl sites for hydroxylation is 1. The second kappa shape index (κ2) is 7.83. The van der Waals surface area contributed by atoms with E-state index in [2.05, 4.69) is 21.2 Å². The third-order valence-corrected chi connectivity index (χ3v) is 3.78. The van der Waals surface area contributed by atoms with Gasteiger partial charge in [0.25, 0.3) is 5.91 Å². The number of ether oxygens (including phenoxy) is 1. The summed E-state index contributed by atoms with van der Waals surface area (Å²) in [5, 5.41) is 2.88. The highest BCUT2D eigenvalue weighted by atomic mass is 79.9. The fourth-order valence-corrected chi connectivity index (χ4v) is 3.00. The molecular formula is C20H22BrNO3. The average Bonchev–Trinajstić information content (AvgIpc) is 2.46. The number of halogens is 1. The summed E-state index contributed by atoms with van der Waals surface area (Å²) in [7, 11) is 0. The quantitative estimate of drug-likeness (QED) is 0.738. The van der Waals surface area contributed by atoms with Crippen molar-refractivity contribution in [3.63, 3.8) is 0 Å². The number of benzene rings is 2. The Labute approximate surface area is 156 Å². The molecule has 0 heterocycles. The van der Waals surface area contributed by atoms with Gasteiger partial charge in [0.05, 0.1) is 6.42 Å². The summed E-state index contributed by atoms with van der Waals surface area (Å²) in [5.41, 5.74) is 2.33. The first-order chi connectivity index (χ1) is 11.6. The Hall–Kier alpha value is -2.14. The summed E-state index contributed by atoms with van der Waals surface area (Å²) in [6.07, 6.45) is 0.102. The third-order valence-electron chi connectivity index (χ3n) is 3.32. The molecule has 0 saturated heterocycles. The standard InChI is InChI=1S/C20H22BrNO3/c1-13-9-15(11-16(21)10-13)19(24)22-17-8-6-5-7-14(17)12-18(23)25-20(2,3)4/h5-11H,12H2,1-4H3,(H,22,24). The summed E-state index contributed by atoms with van der Waals surface area (Å²) >= 11 is 3.40. The molecule has 0 aliphatic rings. The molecule has 0 bridgehead atoms. The van der Waals surface area contributed by atoms with Crippen molar-refractivity contribution >= 4 is 33.5 Å². The minimum atomic E-state index is -0.539. The zero-order valence-corrected chi connectivity index (χ0v) is 16.4. The molecule has 2 aromatic carbocycles. The molecule has 0 aromatic heterocycles. The first-order valence-electron chi connectivity index (χ1n) is 8.02. The maximum absolute atomic E-state index is 12.5. The maximum Gasteiger partial charge on any atom is 0.310 e. The summed E-state index contributed by atoms with van der Waals surface area (Å²) in [4.78, 5) is 24.6. The Morgan fingerprint density at radius 1 is 1.12 bits per heavy atom. The molecule has 0 aliphatic heterocycles. The van der Waals surface area contributed by atoms with Crippen LogP contribution in [0.3, 0.4) is 0 Å². The van der Waals surface area contributed by atoms with Crippen molar-refractivity contribution in [1.82, 2.24) is 0 Å². The lowest BCUT2D eigenvalue weighted by Gasteiger charge is -2.20. The van der Waals surface area contributed by atoms with Gasteiger partial charge >= 0.3 is 5.97 Å². The normalized spacial score (nSPS) is 11.1. The number of amides is 1. The predicted octanol–water partition coefficient (Wildman–Crippen LogP) is 4.89. The third kappa shape index (κ3) is 6.02. The summed E-state index contributed by atoms with van der Waals surface area (Å²) in [6, 6.07) is 12.8. The minimum absolute atomic E-state index is 0.102. The van der Waals surface area contributed by atoms with Crippen LogP contribution in [0.1, 0.15) is 42.3 Å². The van der Waals surface area contributed by atoms with Gasteiger partial charge in [0, 0.05) is 15.7 Å². The van der Waals surface area contributed by atoms with Crippen LogP contribution >= 0.6 is 15.9 Å². The number of carbonyl (C=O) groups excluding carboxylic acids is 2. The fourth-order valence-electron chi connectivity index (χ4n) is 2.39. The largest absolute Gasteiger partial charge is 0.460 e. The van der Waals surface area contributed by atoms with Crippen LogP contribution in [-0.4, -0.2) is 17.5 Å². The highest BCUT2D eigenvalue weighted by Gasteiger charge is 2.18. The van der Waals surface area contributed by atoms with Crippen LogP contribution in [0.4, 0.5) is 5.69 Å². The number of hydrogen-bond acceptors (Lipinski definition) is 3. The predicted molar refractivity (Wildman–Crippen MR) is 103 cm³/mol. The van der Waals surface area contributed by atoms with E-state index in [1.165, 1.54) is 0 Å². The van der Waals surface area contributed by atoms with Crippen LogP contribution in [0, 0.1) is 6.92 Å². The second-order valence-electron chi connectivity index (χ2n) is 6.89. The van der Waals surface area contributed by atoms with E-state index in [1.807, 2.05) is 58.0 Å². The molecule has 2 aromatic rings. The van der Waals surface area contributed by atoms with E-state index in [0.717, 1.165) is 15.6 Å². The van der Waals surface area contributed by atoms with E-state index in [-0.39, 0.29) is 18.3 Å². The van der Waals surface area contributed by atoms with E-state index in [1.54, 1.807) is 12.1 Å². The number of esters is 1. The molecule has 0 fully saturated rings. The van der Waals surface area contributed by atoms with Gasteiger partial charge in [0.1, 0.15) is 5.60 Å². The molecule has 0 radical (unpaired) electrons. The first kappa shape index (κ1) is 19.2. The summed E-state index contributed by atoms with van der Waals surface area (Å²) in [6.45, 7) is 7.41. The van der Waals surface area contributed by atoms with Gasteiger partial charge in [-0.2, -0.15) is 0 Å². The Morgan fingerprint density at radius 3 is 2.44 bits per heavy atom. The molecule has 1 amide bonds. The van der Waals surface area contributed by atoms with Crippen molar-refractivity contribution < 1.29 is 14.3 Å². The molecule has 25 heavy (non-hydrogen) atoms. The van der Waals surface area contributed by atoms with Crippen LogP contribution in [0.25, 0.3) is 0 Å². The van der Waals surface area contributed by atoms with Gasteiger partial charge in [-0.05, 0) is 63.1 Å². The number of anilines is 1. The molecule has 0 spiro atoms. The smallest absolute Gasteiger partial charge is 0.310 e. The molecular weight excluding hydrogens is 382 g/mol. The number of carbonyl (C=O) groups is 2. The monoisotopic (exact) mass is 403 g/mol. The van der Waals surface area contributed by atoms with Gasteiger partial charge in [-0.25, -0.2) is 0 Å². The molecule has 2 rings (SSSR count). The van der Waals surface area contributed by atoms with Crippen molar-refractivity contribution in [3.05, 3.63) is 63.6 Å². The lowest BCUT2D eigenvalue weighted by molar-refractivity contribution is -0.153. The van der Waals surface area contributed by atoms with Gasteiger partial charge in [-0.3, -0.25) is 9.59 Å². The molecule has 132 valence electrons. The SMILES string of the molecule is Cc1cc(Br)cc(C(=O)Nc2ccccc2CC(=O)OC(C)(C)C)c1. The fraction of sp³-hybridized carbons (Fsp3) is 0.300. The number of hydrogen-bond donors (Lipinski definition) is 1. The van der Waals surface area contributed by atoms with Gasteiger partial charge in [-0.15, -0.1) is 0 Å². The van der Waals surface area contributed by atoms with Gasteiger partial charge < -0.3 is 10.1 Å². The lowest BCUT2D eigenvalue weighted by atomic mass is 10.1. The Kier molecular flexibility index (Phi) is 6.01. The minimum Gasteiger partial charge on any atom is -0.460 e. The topological polar surface area (TPSA) is 55.4 Å². The van der Waals surface area contributed by atoms with Crippen molar-refractivity contribution in [3.8, 4) is 0 Å². The summed E-state index contributed by atoms with van der Waals surface area (Å²) in [5.74, 6) is -0.548. The van der Waals surface area contributed by atoms with Crippen LogP contribution < -0.4 is 5.32 Å². The first-order valence-corrected chi connectivity index (χ1v) is 8.81. The van der Waals surface area contributed by atoms with Crippen LogP contribution in [0.5, 0.6) is 0 Å². The van der Waals surface area contributed by atoms with E-state index < -0.39 is 5.60 Å². The number of rotatable bonds is 4. The molecule has 1 N–H and O–H groups in total. The van der Waals surface area contributed by atoms with Crippen LogP contribution in [-0.2, 0) is 16.0 Å². The Balaban J connectivity index is 2.17. The van der Waals surface area contributed by atoms with Crippen LogP contribution in [0.2, 0.25) is 0 Å². The zero-order chi connectivity index (χ0) is 18.6. The highest BCUT2D eigenvalue weighted by Crippen LogP contribution is 2.20. The molecule has 0 atom stereocenters.